The van der Waals surface area contributed by atoms with Crippen LogP contribution in [-0.4, -0.2) is 253 Å². The molecule has 28 nitrogen and oxygen atoms in total. The minimum absolute atomic E-state index is 0.0286. The Morgan fingerprint density at radius 3 is 1.43 bits per heavy atom. The Labute approximate surface area is 464 Å². The van der Waals surface area contributed by atoms with Crippen LogP contribution in [0.1, 0.15) is 48.3 Å². The highest BCUT2D eigenvalue weighted by atomic mass is 16.7. The molecular weight excluding hydrogens is 1050 g/mol. The van der Waals surface area contributed by atoms with Gasteiger partial charge in [-0.3, -0.25) is 24.1 Å². The van der Waals surface area contributed by atoms with E-state index in [1.54, 1.807) is 15.8 Å². The number of carbonyl (C=O) groups is 6. The number of ether oxygens (including phenoxy) is 12. The van der Waals surface area contributed by atoms with Crippen LogP contribution >= 0.6 is 0 Å². The van der Waals surface area contributed by atoms with Crippen molar-refractivity contribution in [2.75, 3.05) is 172 Å². The fourth-order valence-corrected chi connectivity index (χ4v) is 7.91. The average molecular weight is 1130 g/mol. The van der Waals surface area contributed by atoms with E-state index in [1.807, 2.05) is 30.3 Å². The van der Waals surface area contributed by atoms with Gasteiger partial charge < -0.3 is 71.9 Å². The highest BCUT2D eigenvalue weighted by Gasteiger charge is 2.52. The fourth-order valence-electron chi connectivity index (χ4n) is 7.91. The molecule has 1 aromatic carbocycles. The number of nitrogens with zero attached hydrogens (tertiary/aromatic N) is 8. The first-order valence-corrected chi connectivity index (χ1v) is 26.9. The lowest BCUT2D eigenvalue weighted by Gasteiger charge is -2.37. The maximum Gasteiger partial charge on any atom is 0.335 e. The van der Waals surface area contributed by atoms with Crippen LogP contribution in [0.25, 0.3) is 11.3 Å². The molecule has 0 aliphatic carbocycles. The summed E-state index contributed by atoms with van der Waals surface area (Å²) in [4.78, 5) is 90.1. The Morgan fingerprint density at radius 1 is 0.550 bits per heavy atom. The van der Waals surface area contributed by atoms with E-state index in [1.165, 1.54) is 17.3 Å². The monoisotopic (exact) mass is 1130 g/mol. The Kier molecular flexibility index (Phi) is 29.3. The van der Waals surface area contributed by atoms with Crippen LogP contribution in [0.3, 0.4) is 0 Å². The van der Waals surface area contributed by atoms with Gasteiger partial charge in [-0.2, -0.15) is 0 Å². The van der Waals surface area contributed by atoms with Gasteiger partial charge >= 0.3 is 12.0 Å². The highest BCUT2D eigenvalue weighted by molar-refractivity contribution is 6.07. The van der Waals surface area contributed by atoms with Gasteiger partial charge in [0.2, 0.25) is 5.82 Å². The van der Waals surface area contributed by atoms with Gasteiger partial charge in [0.25, 0.3) is 23.6 Å². The summed E-state index contributed by atoms with van der Waals surface area (Å²) in [7, 11) is 0. The molecule has 6 amide bonds. The van der Waals surface area contributed by atoms with Crippen LogP contribution in [0.4, 0.5) is 4.79 Å². The third kappa shape index (κ3) is 22.8. The van der Waals surface area contributed by atoms with Crippen molar-refractivity contribution in [3.8, 4) is 11.3 Å². The summed E-state index contributed by atoms with van der Waals surface area (Å²) in [6, 6.07) is 8.92. The van der Waals surface area contributed by atoms with Gasteiger partial charge in [-0.25, -0.2) is 24.2 Å². The summed E-state index contributed by atoms with van der Waals surface area (Å²) in [6.07, 6.45) is 5.41. The van der Waals surface area contributed by atoms with Gasteiger partial charge in [-0.05, 0) is 18.4 Å². The molecule has 0 atom stereocenters. The molecule has 1 N–H and O–H groups in total. The molecule has 3 fully saturated rings. The first kappa shape index (κ1) is 63.2. The summed E-state index contributed by atoms with van der Waals surface area (Å²) >= 11 is 0. The topological polar surface area (TPSA) is 301 Å². The van der Waals surface area contributed by atoms with Crippen molar-refractivity contribution >= 4 is 35.6 Å². The van der Waals surface area contributed by atoms with Gasteiger partial charge in [-0.1, -0.05) is 35.5 Å². The molecule has 2 aromatic heterocycles. The SMILES string of the molecule is O=C(CCOCCOCCOCCOCCOCCOCCOCCOCCOCCOCCOCCOCCn1cc(-c2cnc(C(=O)N3CCC4(CC3)NC(=O)N(Cc3ccccc3)C4=O)nc2)nn1)ON1C(=O)CCC1=O. The van der Waals surface area contributed by atoms with Crippen molar-refractivity contribution in [3.05, 3.63) is 60.3 Å². The van der Waals surface area contributed by atoms with E-state index < -0.39 is 29.4 Å². The second-order valence-electron chi connectivity index (χ2n) is 18.0. The average Bonchev–Trinajstić information content (AvgIpc) is 4.22. The van der Waals surface area contributed by atoms with Crippen LogP contribution in [0, 0.1) is 0 Å². The molecule has 0 bridgehead atoms. The van der Waals surface area contributed by atoms with Crippen molar-refractivity contribution in [1.29, 1.82) is 0 Å². The van der Waals surface area contributed by atoms with Gasteiger partial charge in [0.1, 0.15) is 11.2 Å². The molecule has 3 aromatic rings. The standard InChI is InChI=1S/C52H75N9O19/c62-45-6-7-46(63)61(45)80-47(64)8-14-68-16-18-70-20-22-72-24-26-74-28-30-76-32-34-78-36-37-79-35-33-77-31-29-75-27-25-73-23-21-71-19-17-69-15-13-59-41-44(56-57-59)43-38-53-48(54-39-43)49(65)58-11-9-52(10-12-58)50(66)60(51(67)55-52)40-42-4-2-1-3-5-42/h1-5,38-39,41H,6-37,40H2,(H,55,67). The predicted molar refractivity (Wildman–Crippen MR) is 276 cm³/mol. The van der Waals surface area contributed by atoms with E-state index in [-0.39, 0.29) is 69.7 Å². The lowest BCUT2D eigenvalue weighted by molar-refractivity contribution is -0.198. The van der Waals surface area contributed by atoms with Gasteiger partial charge in [-0.15, -0.1) is 10.2 Å². The van der Waals surface area contributed by atoms with Crippen LogP contribution in [0.2, 0.25) is 0 Å². The van der Waals surface area contributed by atoms with E-state index in [9.17, 15) is 28.8 Å². The molecule has 0 saturated carbocycles. The lowest BCUT2D eigenvalue weighted by Crippen LogP contribution is -2.56. The molecule has 3 saturated heterocycles. The zero-order valence-corrected chi connectivity index (χ0v) is 45.3. The minimum atomic E-state index is -1.03. The molecule has 1 spiro atoms. The summed E-state index contributed by atoms with van der Waals surface area (Å²) < 4.78 is 67.6. The number of hydrogen-bond acceptors (Lipinski definition) is 23. The molecule has 5 heterocycles. The second-order valence-corrected chi connectivity index (χ2v) is 18.0. The van der Waals surface area contributed by atoms with Crippen LogP contribution in [0.5, 0.6) is 0 Å². The molecule has 0 unspecified atom stereocenters. The number of carbonyl (C=O) groups excluding carboxylic acids is 6. The quantitative estimate of drug-likeness (QED) is 0.0462. The van der Waals surface area contributed by atoms with Crippen molar-refractivity contribution in [2.24, 2.45) is 0 Å². The normalized spacial score (nSPS) is 15.2. The zero-order chi connectivity index (χ0) is 56.3. The smallest absolute Gasteiger partial charge is 0.335 e. The Hall–Kier alpha value is -6.02. The molecule has 80 heavy (non-hydrogen) atoms. The number of aromatic nitrogens is 5. The first-order valence-electron chi connectivity index (χ1n) is 26.9. The van der Waals surface area contributed by atoms with Gasteiger partial charge in [0, 0.05) is 43.9 Å². The number of nitrogens with one attached hydrogen (secondary N) is 1. The summed E-state index contributed by atoms with van der Waals surface area (Å²) in [5.41, 5.74) is 0.976. The number of benzene rings is 1. The van der Waals surface area contributed by atoms with Crippen LogP contribution in [0.15, 0.2) is 48.9 Å². The van der Waals surface area contributed by atoms with E-state index in [0.717, 1.165) is 5.56 Å². The minimum Gasteiger partial charge on any atom is -0.378 e. The molecular formula is C52H75N9O19. The largest absolute Gasteiger partial charge is 0.378 e. The predicted octanol–water partition coefficient (Wildman–Crippen LogP) is 0.658. The summed E-state index contributed by atoms with van der Waals surface area (Å²) in [5, 5.41) is 11.8. The molecule has 6 rings (SSSR count). The van der Waals surface area contributed by atoms with E-state index in [4.69, 9.17) is 61.7 Å². The van der Waals surface area contributed by atoms with Crippen molar-refractivity contribution < 1.29 is 90.4 Å². The van der Waals surface area contributed by atoms with Crippen molar-refractivity contribution in [3.63, 3.8) is 0 Å². The first-order chi connectivity index (χ1) is 39.2. The molecule has 442 valence electrons. The van der Waals surface area contributed by atoms with E-state index in [0.29, 0.717) is 181 Å². The Morgan fingerprint density at radius 2 is 0.975 bits per heavy atom. The van der Waals surface area contributed by atoms with Crippen LogP contribution in [-0.2, 0) is 93.9 Å². The number of likely N-dealkylation sites (tertiary alicyclic amines) is 1. The second kappa shape index (κ2) is 37.1. The highest BCUT2D eigenvalue weighted by Crippen LogP contribution is 2.31. The van der Waals surface area contributed by atoms with E-state index >= 15 is 0 Å². The third-order valence-corrected chi connectivity index (χ3v) is 12.2. The zero-order valence-electron chi connectivity index (χ0n) is 45.3. The van der Waals surface area contributed by atoms with Crippen LogP contribution < -0.4 is 5.32 Å². The number of piperidine rings is 1. The summed E-state index contributed by atoms with van der Waals surface area (Å²) in [5.74, 6) is -2.34. The van der Waals surface area contributed by atoms with Crippen molar-refractivity contribution in [1.82, 2.24) is 45.1 Å². The maximum absolute atomic E-state index is 13.4. The van der Waals surface area contributed by atoms with Crippen molar-refractivity contribution in [2.45, 2.75) is 50.7 Å². The van der Waals surface area contributed by atoms with E-state index in [2.05, 4.69) is 25.6 Å². The fraction of sp³-hybridized carbons (Fsp3) is 0.654. The Balaban J connectivity index is 0.619. The Bertz CT molecular complexity index is 2280. The number of urea groups is 1. The molecule has 28 heteroatoms. The number of hydroxylamine groups is 2. The summed E-state index contributed by atoms with van der Waals surface area (Å²) in [6.45, 7) is 10.9. The third-order valence-electron chi connectivity index (χ3n) is 12.2. The number of hydrogen-bond donors (Lipinski definition) is 1. The molecule has 3 aliphatic heterocycles. The van der Waals surface area contributed by atoms with Gasteiger partial charge in [0.05, 0.1) is 184 Å². The van der Waals surface area contributed by atoms with Gasteiger partial charge in [0.15, 0.2) is 0 Å². The molecule has 3 aliphatic rings. The maximum atomic E-state index is 13.4. The molecule has 0 radical (unpaired) electrons. The number of amides is 6. The number of rotatable bonds is 44. The lowest BCUT2D eigenvalue weighted by atomic mass is 9.87. The number of imide groups is 2.